The predicted molar refractivity (Wildman–Crippen MR) is 94.1 cm³/mol. The number of anilines is 1. The molecular weight excluding hydrogens is 310 g/mol. The molecule has 1 aromatic heterocycles. The summed E-state index contributed by atoms with van der Waals surface area (Å²) in [4.78, 5) is 29.7. The van der Waals surface area contributed by atoms with Gasteiger partial charge in [-0.3, -0.25) is 4.79 Å². The molecule has 0 radical (unpaired) electrons. The third kappa shape index (κ3) is 4.04. The molecule has 5 nitrogen and oxygen atoms in total. The molecule has 23 heavy (non-hydrogen) atoms. The molecule has 3 rings (SSSR count). The molecule has 0 saturated heterocycles. The van der Waals surface area contributed by atoms with Gasteiger partial charge in [0.05, 0.1) is 11.0 Å². The standard InChI is InChI=1S/C17H17N3O2S/c1-11-2-5-13(6-3-11)23-9-8-16(21)18-12-4-7-14-15(10-12)20-17(22)19-14/h2-7,10H,8-9H2,1H3,(H,18,21)(H2,19,20,22). The number of carbonyl (C=O) groups is 1. The van der Waals surface area contributed by atoms with E-state index in [1.165, 1.54) is 5.56 Å². The minimum absolute atomic E-state index is 0.0400. The first-order valence-electron chi connectivity index (χ1n) is 7.31. The first-order chi connectivity index (χ1) is 11.1. The lowest BCUT2D eigenvalue weighted by Gasteiger charge is -2.05. The van der Waals surface area contributed by atoms with Gasteiger partial charge >= 0.3 is 5.69 Å². The first-order valence-corrected chi connectivity index (χ1v) is 8.30. The zero-order valence-electron chi connectivity index (χ0n) is 12.7. The monoisotopic (exact) mass is 327 g/mol. The number of benzene rings is 2. The van der Waals surface area contributed by atoms with Crippen LogP contribution in [0.15, 0.2) is 52.2 Å². The highest BCUT2D eigenvalue weighted by molar-refractivity contribution is 7.99. The van der Waals surface area contributed by atoms with Crippen LogP contribution in [-0.4, -0.2) is 21.6 Å². The largest absolute Gasteiger partial charge is 0.326 e. The van der Waals surface area contributed by atoms with Crippen LogP contribution in [0.25, 0.3) is 11.0 Å². The van der Waals surface area contributed by atoms with Crippen LogP contribution in [0.1, 0.15) is 12.0 Å². The molecule has 6 heteroatoms. The number of imidazole rings is 1. The van der Waals surface area contributed by atoms with Gasteiger partial charge in [-0.15, -0.1) is 11.8 Å². The van der Waals surface area contributed by atoms with Gasteiger partial charge in [-0.25, -0.2) is 4.79 Å². The number of amides is 1. The SMILES string of the molecule is Cc1ccc(SCCC(=O)Nc2ccc3[nH]c(=O)[nH]c3c2)cc1. The van der Waals surface area contributed by atoms with E-state index in [0.717, 1.165) is 16.2 Å². The molecule has 2 aromatic carbocycles. The molecule has 118 valence electrons. The maximum atomic E-state index is 12.0. The molecule has 3 aromatic rings. The lowest BCUT2D eigenvalue weighted by molar-refractivity contribution is -0.115. The Bertz CT molecular complexity index is 881. The second kappa shape index (κ2) is 6.75. The lowest BCUT2D eigenvalue weighted by Crippen LogP contribution is -2.12. The van der Waals surface area contributed by atoms with Crippen molar-refractivity contribution in [3.8, 4) is 0 Å². The van der Waals surface area contributed by atoms with Crippen molar-refractivity contribution in [3.63, 3.8) is 0 Å². The fourth-order valence-electron chi connectivity index (χ4n) is 2.23. The van der Waals surface area contributed by atoms with E-state index >= 15 is 0 Å². The summed E-state index contributed by atoms with van der Waals surface area (Å²) in [5, 5.41) is 2.85. The second-order valence-electron chi connectivity index (χ2n) is 5.30. The van der Waals surface area contributed by atoms with Gasteiger partial charge in [0.15, 0.2) is 0 Å². The van der Waals surface area contributed by atoms with Crippen LogP contribution < -0.4 is 11.0 Å². The molecule has 0 aliphatic carbocycles. The molecule has 0 aliphatic heterocycles. The van der Waals surface area contributed by atoms with Crippen LogP contribution in [0.3, 0.4) is 0 Å². The molecule has 0 aliphatic rings. The smallest absolute Gasteiger partial charge is 0.323 e. The molecule has 0 unspecified atom stereocenters. The number of thioether (sulfide) groups is 1. The highest BCUT2D eigenvalue weighted by Gasteiger charge is 2.05. The summed E-state index contributed by atoms with van der Waals surface area (Å²) in [5.41, 5.74) is 3.06. The Labute approximate surface area is 137 Å². The van der Waals surface area contributed by atoms with Crippen molar-refractivity contribution in [2.45, 2.75) is 18.2 Å². The number of nitrogens with one attached hydrogen (secondary N) is 3. The van der Waals surface area contributed by atoms with Crippen molar-refractivity contribution in [1.29, 1.82) is 0 Å². The average molecular weight is 327 g/mol. The quantitative estimate of drug-likeness (QED) is 0.629. The zero-order valence-corrected chi connectivity index (χ0v) is 13.5. The number of hydrogen-bond acceptors (Lipinski definition) is 3. The van der Waals surface area contributed by atoms with Gasteiger partial charge in [0.2, 0.25) is 5.91 Å². The maximum Gasteiger partial charge on any atom is 0.323 e. The van der Waals surface area contributed by atoms with E-state index in [2.05, 4.69) is 46.5 Å². The van der Waals surface area contributed by atoms with Crippen LogP contribution in [0.5, 0.6) is 0 Å². The molecule has 1 heterocycles. The van der Waals surface area contributed by atoms with E-state index in [0.29, 0.717) is 17.6 Å². The van der Waals surface area contributed by atoms with Crippen molar-refractivity contribution in [2.24, 2.45) is 0 Å². The summed E-state index contributed by atoms with van der Waals surface area (Å²) >= 11 is 1.66. The number of H-pyrrole nitrogens is 2. The Kier molecular flexibility index (Phi) is 4.52. The Morgan fingerprint density at radius 2 is 1.83 bits per heavy atom. The van der Waals surface area contributed by atoms with Gasteiger partial charge < -0.3 is 15.3 Å². The van der Waals surface area contributed by atoms with Crippen LogP contribution in [-0.2, 0) is 4.79 Å². The fraction of sp³-hybridized carbons (Fsp3) is 0.176. The Balaban J connectivity index is 1.53. The maximum absolute atomic E-state index is 12.0. The minimum Gasteiger partial charge on any atom is -0.326 e. The number of fused-ring (bicyclic) bond motifs is 1. The predicted octanol–water partition coefficient (Wildman–Crippen LogP) is 3.29. The number of hydrogen-bond donors (Lipinski definition) is 3. The zero-order chi connectivity index (χ0) is 16.2. The van der Waals surface area contributed by atoms with E-state index in [1.807, 2.05) is 0 Å². The first kappa shape index (κ1) is 15.4. The Hall–Kier alpha value is -2.47. The summed E-state index contributed by atoms with van der Waals surface area (Å²) in [6.45, 7) is 2.05. The summed E-state index contributed by atoms with van der Waals surface area (Å²) in [7, 11) is 0. The number of rotatable bonds is 5. The summed E-state index contributed by atoms with van der Waals surface area (Å²) < 4.78 is 0. The highest BCUT2D eigenvalue weighted by atomic mass is 32.2. The van der Waals surface area contributed by atoms with E-state index in [9.17, 15) is 9.59 Å². The fourth-order valence-corrected chi connectivity index (χ4v) is 3.08. The van der Waals surface area contributed by atoms with Gasteiger partial charge in [0, 0.05) is 22.8 Å². The lowest BCUT2D eigenvalue weighted by atomic mass is 10.2. The number of carbonyl (C=O) groups excluding carboxylic acids is 1. The van der Waals surface area contributed by atoms with Crippen LogP contribution in [0, 0.1) is 6.92 Å². The van der Waals surface area contributed by atoms with Gasteiger partial charge in [-0.05, 0) is 37.3 Å². The Morgan fingerprint density at radius 3 is 2.61 bits per heavy atom. The number of aromatic nitrogens is 2. The van der Waals surface area contributed by atoms with Crippen molar-refractivity contribution < 1.29 is 4.79 Å². The molecule has 0 spiro atoms. The minimum atomic E-state index is -0.252. The second-order valence-corrected chi connectivity index (χ2v) is 6.47. The molecule has 0 saturated carbocycles. The van der Waals surface area contributed by atoms with Crippen molar-refractivity contribution in [2.75, 3.05) is 11.1 Å². The third-order valence-electron chi connectivity index (χ3n) is 3.42. The van der Waals surface area contributed by atoms with E-state index in [-0.39, 0.29) is 11.6 Å². The van der Waals surface area contributed by atoms with Crippen molar-refractivity contribution >= 4 is 34.4 Å². The van der Waals surface area contributed by atoms with Crippen molar-refractivity contribution in [1.82, 2.24) is 9.97 Å². The van der Waals surface area contributed by atoms with Crippen LogP contribution in [0.4, 0.5) is 5.69 Å². The average Bonchev–Trinajstić information content (AvgIpc) is 2.88. The van der Waals surface area contributed by atoms with Crippen LogP contribution in [0.2, 0.25) is 0 Å². The third-order valence-corrected chi connectivity index (χ3v) is 4.43. The molecule has 1 amide bonds. The number of aromatic amines is 2. The van der Waals surface area contributed by atoms with Crippen LogP contribution >= 0.6 is 11.8 Å². The molecule has 0 fully saturated rings. The van der Waals surface area contributed by atoms with Gasteiger partial charge in [-0.1, -0.05) is 17.7 Å². The summed E-state index contributed by atoms with van der Waals surface area (Å²) in [6, 6.07) is 13.5. The molecule has 0 atom stereocenters. The normalized spacial score (nSPS) is 10.8. The molecule has 3 N–H and O–H groups in total. The summed E-state index contributed by atoms with van der Waals surface area (Å²) in [6.07, 6.45) is 0.431. The van der Waals surface area contributed by atoms with Gasteiger partial charge in [0.25, 0.3) is 0 Å². The van der Waals surface area contributed by atoms with Gasteiger partial charge in [-0.2, -0.15) is 0 Å². The van der Waals surface area contributed by atoms with Crippen molar-refractivity contribution in [3.05, 3.63) is 58.5 Å². The highest BCUT2D eigenvalue weighted by Crippen LogP contribution is 2.20. The van der Waals surface area contributed by atoms with E-state index in [1.54, 1.807) is 30.0 Å². The number of aryl methyl sites for hydroxylation is 1. The van der Waals surface area contributed by atoms with E-state index < -0.39 is 0 Å². The molecular formula is C17H17N3O2S. The Morgan fingerprint density at radius 1 is 1.09 bits per heavy atom. The van der Waals surface area contributed by atoms with E-state index in [4.69, 9.17) is 0 Å². The topological polar surface area (TPSA) is 77.8 Å². The molecule has 0 bridgehead atoms. The summed E-state index contributed by atoms with van der Waals surface area (Å²) in [5.74, 6) is 0.680. The van der Waals surface area contributed by atoms with Gasteiger partial charge in [0.1, 0.15) is 0 Å².